The van der Waals surface area contributed by atoms with E-state index in [1.54, 1.807) is 0 Å². The zero-order valence-electron chi connectivity index (χ0n) is 28.4. The van der Waals surface area contributed by atoms with Crippen molar-refractivity contribution in [3.63, 3.8) is 0 Å². The number of rotatable bonds is 8. The molecule has 0 unspecified atom stereocenters. The van der Waals surface area contributed by atoms with E-state index in [-0.39, 0.29) is 20.1 Å². The van der Waals surface area contributed by atoms with Gasteiger partial charge in [0.25, 0.3) is 0 Å². The van der Waals surface area contributed by atoms with E-state index >= 15 is 0 Å². The zero-order valence-corrected chi connectivity index (χ0v) is 31.8. The van der Waals surface area contributed by atoms with Gasteiger partial charge in [0.1, 0.15) is 0 Å². The second-order valence-electron chi connectivity index (χ2n) is 13.4. The van der Waals surface area contributed by atoms with Crippen molar-refractivity contribution in [3.05, 3.63) is 108 Å². The summed E-state index contributed by atoms with van der Waals surface area (Å²) < 4.78 is 5.86. The van der Waals surface area contributed by atoms with Gasteiger partial charge in [0.15, 0.2) is 0 Å². The van der Waals surface area contributed by atoms with Gasteiger partial charge in [0.2, 0.25) is 5.71 Å². The molecule has 241 valence electrons. The fourth-order valence-corrected chi connectivity index (χ4v) is 7.52. The Morgan fingerprint density at radius 1 is 0.848 bits per heavy atom. The van der Waals surface area contributed by atoms with Crippen LogP contribution in [0.4, 0.5) is 0 Å². The van der Waals surface area contributed by atoms with Crippen molar-refractivity contribution in [2.45, 2.75) is 79.4 Å². The molecule has 46 heavy (non-hydrogen) atoms. The molecule has 0 spiro atoms. The van der Waals surface area contributed by atoms with E-state index in [1.807, 2.05) is 43.5 Å². The second kappa shape index (κ2) is 15.4. The van der Waals surface area contributed by atoms with Gasteiger partial charge in [-0.3, -0.25) is 0 Å². The largest absolute Gasteiger partial charge is 0.486 e. The summed E-state index contributed by atoms with van der Waals surface area (Å²) in [7, 11) is -1.34. The summed E-state index contributed by atoms with van der Waals surface area (Å²) in [5, 5.41) is 3.59. The topological polar surface area (TPSA) is 51.8 Å². The molecule has 0 aliphatic heterocycles. The van der Waals surface area contributed by atoms with Crippen molar-refractivity contribution in [2.75, 3.05) is 0 Å². The van der Waals surface area contributed by atoms with Gasteiger partial charge in [0.05, 0.1) is 13.7 Å². The number of nitrogens with zero attached hydrogens (tertiary/aromatic N) is 3. The van der Waals surface area contributed by atoms with Crippen molar-refractivity contribution in [3.8, 4) is 22.5 Å². The molecule has 4 nitrogen and oxygen atoms in total. The average molecular weight is 804 g/mol. The average Bonchev–Trinajstić information content (AvgIpc) is 3.38. The van der Waals surface area contributed by atoms with Crippen LogP contribution in [-0.4, -0.2) is 23.0 Å². The summed E-state index contributed by atoms with van der Waals surface area (Å²) in [5.74, 6) is 1.24. The maximum Gasteiger partial charge on any atom is 0.216 e. The third-order valence-corrected chi connectivity index (χ3v) is 10.4. The van der Waals surface area contributed by atoms with Crippen LogP contribution in [0.5, 0.6) is 0 Å². The first-order chi connectivity index (χ1) is 21.6. The van der Waals surface area contributed by atoms with Crippen molar-refractivity contribution in [2.24, 2.45) is 5.92 Å². The minimum Gasteiger partial charge on any atom is -0.486 e. The smallest absolute Gasteiger partial charge is 0.216 e. The predicted molar refractivity (Wildman–Crippen MR) is 192 cm³/mol. The van der Waals surface area contributed by atoms with Gasteiger partial charge in [-0.2, -0.15) is 0 Å². The Morgan fingerprint density at radius 3 is 2.28 bits per heavy atom. The number of furan rings is 1. The molecule has 0 aliphatic carbocycles. The molecule has 0 N–H and O–H groups in total. The predicted octanol–water partition coefficient (Wildman–Crippen LogP) is 10.3. The first-order valence-corrected chi connectivity index (χ1v) is 19.7. The molecule has 2 aromatic carbocycles. The standard InChI is InChI=1S/C22H21N2O.C18H24NSi.Ir/c1-4-15(5-2)16-10-11-23-20(13-16)17-7-9-21-19(12-17)18-8-6-14(3)24-22(18)25-21;1-14(2)11-16-12-17(15-9-7-6-8-10-15)19-13-18(16)20(3,4)5;/h6,8-13,15H,4-5H2,1-3H3;6-9,12-14H,11H2,1-5H3;/q2*-1;. The van der Waals surface area contributed by atoms with E-state index in [4.69, 9.17) is 4.42 Å². The fourth-order valence-electron chi connectivity index (χ4n) is 5.93. The Balaban J connectivity index is 0.000000210. The number of benzene rings is 2. The van der Waals surface area contributed by atoms with Crippen LogP contribution in [0.1, 0.15) is 63.3 Å². The van der Waals surface area contributed by atoms with Gasteiger partial charge in [-0.05, 0) is 72.8 Å². The maximum atomic E-state index is 5.86. The fraction of sp³-hybridized carbons (Fsp3) is 0.325. The van der Waals surface area contributed by atoms with Gasteiger partial charge in [-0.25, -0.2) is 4.98 Å². The van der Waals surface area contributed by atoms with Gasteiger partial charge in [0, 0.05) is 43.6 Å². The van der Waals surface area contributed by atoms with E-state index in [9.17, 15) is 0 Å². The van der Waals surface area contributed by atoms with E-state index in [0.717, 1.165) is 63.8 Å². The molecule has 0 fully saturated rings. The molecule has 4 aromatic heterocycles. The summed E-state index contributed by atoms with van der Waals surface area (Å²) in [6.07, 6.45) is 7.42. The molecule has 0 saturated heterocycles. The Labute approximate surface area is 289 Å². The summed E-state index contributed by atoms with van der Waals surface area (Å²) in [6, 6.07) is 29.3. The van der Waals surface area contributed by atoms with Crippen LogP contribution in [0.25, 0.3) is 44.6 Å². The zero-order chi connectivity index (χ0) is 32.1. The molecule has 0 atom stereocenters. The molecule has 1 radical (unpaired) electrons. The van der Waals surface area contributed by atoms with Crippen molar-refractivity contribution < 1.29 is 24.5 Å². The monoisotopic (exact) mass is 804 g/mol. The second-order valence-corrected chi connectivity index (χ2v) is 18.4. The van der Waals surface area contributed by atoms with E-state index in [2.05, 4.69) is 117 Å². The maximum absolute atomic E-state index is 5.86. The minimum absolute atomic E-state index is 0. The first kappa shape index (κ1) is 35.4. The molecular formula is C40H45IrN3OSi-2. The summed E-state index contributed by atoms with van der Waals surface area (Å²) >= 11 is 0. The summed E-state index contributed by atoms with van der Waals surface area (Å²) in [5.41, 5.74) is 9.34. The van der Waals surface area contributed by atoms with Gasteiger partial charge < -0.3 is 14.4 Å². The number of fused-ring (bicyclic) bond motifs is 3. The van der Waals surface area contributed by atoms with Gasteiger partial charge >= 0.3 is 0 Å². The molecule has 6 rings (SSSR count). The Bertz CT molecular complexity index is 1890. The summed E-state index contributed by atoms with van der Waals surface area (Å²) in [6.45, 7) is 18.2. The van der Waals surface area contributed by atoms with Crippen LogP contribution in [0, 0.1) is 25.0 Å². The van der Waals surface area contributed by atoms with Crippen LogP contribution < -0.4 is 5.19 Å². The van der Waals surface area contributed by atoms with Crippen LogP contribution in [0.2, 0.25) is 19.6 Å². The molecule has 0 bridgehead atoms. The SMILES string of the molecule is CC(C)Cc1cc(-c2[c-]cccc2)ncc1[Si](C)(C)C.CCC(CC)c1ccnc(-c2[c-]cc3oc4nc(C)ccc4c3c2)c1.[Ir]. The number of hydrogen-bond acceptors (Lipinski definition) is 4. The molecule has 0 saturated carbocycles. The first-order valence-electron chi connectivity index (χ1n) is 16.2. The van der Waals surface area contributed by atoms with Crippen LogP contribution in [0.15, 0.2) is 83.5 Å². The molecule has 0 aliphatic rings. The minimum atomic E-state index is -1.34. The third-order valence-electron chi connectivity index (χ3n) is 8.34. The quantitative estimate of drug-likeness (QED) is 0.114. The Morgan fingerprint density at radius 2 is 1.61 bits per heavy atom. The molecule has 6 heteroatoms. The van der Waals surface area contributed by atoms with Crippen LogP contribution >= 0.6 is 0 Å². The number of aryl methyl sites for hydroxylation is 1. The number of hydrogen-bond donors (Lipinski definition) is 0. The Hall–Kier alpha value is -3.44. The van der Waals surface area contributed by atoms with Crippen LogP contribution in [-0.2, 0) is 26.5 Å². The van der Waals surface area contributed by atoms with E-state index in [0.29, 0.717) is 17.5 Å². The molecular weight excluding hydrogens is 759 g/mol. The van der Waals surface area contributed by atoms with E-state index in [1.165, 1.54) is 16.3 Å². The summed E-state index contributed by atoms with van der Waals surface area (Å²) in [4.78, 5) is 13.7. The normalized spacial score (nSPS) is 11.5. The molecule has 4 heterocycles. The van der Waals surface area contributed by atoms with Gasteiger partial charge in [-0.15, -0.1) is 59.7 Å². The molecule has 6 aromatic rings. The number of pyridine rings is 3. The van der Waals surface area contributed by atoms with Crippen molar-refractivity contribution >= 4 is 35.3 Å². The third kappa shape index (κ3) is 8.28. The Kier molecular flexibility index (Phi) is 11.9. The van der Waals surface area contributed by atoms with Crippen molar-refractivity contribution in [1.29, 1.82) is 0 Å². The molecule has 0 amide bonds. The van der Waals surface area contributed by atoms with Gasteiger partial charge in [-0.1, -0.05) is 76.0 Å². The van der Waals surface area contributed by atoms with E-state index < -0.39 is 8.07 Å². The number of aromatic nitrogens is 3. The van der Waals surface area contributed by atoms with Crippen molar-refractivity contribution in [1.82, 2.24) is 15.0 Å². The van der Waals surface area contributed by atoms with Crippen LogP contribution in [0.3, 0.4) is 0 Å².